The first kappa shape index (κ1) is 18.7. The van der Waals surface area contributed by atoms with Crippen LogP contribution in [-0.4, -0.2) is 17.0 Å². The average molecular weight is 407 g/mol. The van der Waals surface area contributed by atoms with Crippen molar-refractivity contribution in [3.63, 3.8) is 0 Å². The second-order valence-electron chi connectivity index (χ2n) is 5.61. The standard InChI is InChI=1S/C19H16Cl2N2O2S/c1-11(25-16-9-8-14(20)10-15(16)21)18(24)23-19-22-17(12(2)26-19)13-6-4-3-5-7-13/h3-11H,1-2H3,(H,22,23,24)/t11-/m1/s1. The van der Waals surface area contributed by atoms with Gasteiger partial charge in [-0.3, -0.25) is 10.1 Å². The Balaban J connectivity index is 1.70. The van der Waals surface area contributed by atoms with E-state index in [1.54, 1.807) is 25.1 Å². The number of halogens is 2. The van der Waals surface area contributed by atoms with Crippen LogP contribution in [0, 0.1) is 6.92 Å². The predicted octanol–water partition coefficient (Wildman–Crippen LogP) is 5.83. The molecule has 0 fully saturated rings. The van der Waals surface area contributed by atoms with E-state index in [0.29, 0.717) is 20.9 Å². The van der Waals surface area contributed by atoms with Crippen molar-refractivity contribution in [1.82, 2.24) is 4.98 Å². The van der Waals surface area contributed by atoms with E-state index in [4.69, 9.17) is 27.9 Å². The highest BCUT2D eigenvalue weighted by Gasteiger charge is 2.19. The first-order chi connectivity index (χ1) is 12.4. The van der Waals surface area contributed by atoms with Crippen LogP contribution in [-0.2, 0) is 4.79 Å². The van der Waals surface area contributed by atoms with Gasteiger partial charge in [-0.2, -0.15) is 0 Å². The van der Waals surface area contributed by atoms with Crippen LogP contribution in [0.25, 0.3) is 11.3 Å². The molecule has 0 saturated heterocycles. The van der Waals surface area contributed by atoms with Gasteiger partial charge >= 0.3 is 0 Å². The molecule has 2 aromatic carbocycles. The molecule has 1 aromatic heterocycles. The smallest absolute Gasteiger partial charge is 0.266 e. The molecule has 0 unspecified atom stereocenters. The number of thiazole rings is 1. The Kier molecular flexibility index (Phi) is 5.81. The summed E-state index contributed by atoms with van der Waals surface area (Å²) in [6.45, 7) is 3.63. The fourth-order valence-corrected chi connectivity index (χ4v) is 3.63. The molecule has 1 atom stereocenters. The monoisotopic (exact) mass is 406 g/mol. The Labute approximate surface area is 165 Å². The maximum atomic E-state index is 12.4. The zero-order valence-corrected chi connectivity index (χ0v) is 16.5. The first-order valence-electron chi connectivity index (χ1n) is 7.89. The van der Waals surface area contributed by atoms with E-state index in [-0.39, 0.29) is 5.91 Å². The van der Waals surface area contributed by atoms with Gasteiger partial charge < -0.3 is 4.74 Å². The first-order valence-corrected chi connectivity index (χ1v) is 9.46. The SMILES string of the molecule is Cc1sc(NC(=O)[C@@H](C)Oc2ccc(Cl)cc2Cl)nc1-c1ccccc1. The highest BCUT2D eigenvalue weighted by atomic mass is 35.5. The molecule has 7 heteroatoms. The number of nitrogens with one attached hydrogen (secondary N) is 1. The molecule has 1 N–H and O–H groups in total. The number of hydrogen-bond acceptors (Lipinski definition) is 4. The van der Waals surface area contributed by atoms with Crippen molar-refractivity contribution in [2.75, 3.05) is 5.32 Å². The Morgan fingerprint density at radius 3 is 2.62 bits per heavy atom. The predicted molar refractivity (Wildman–Crippen MR) is 107 cm³/mol. The average Bonchev–Trinajstić information content (AvgIpc) is 2.98. The van der Waals surface area contributed by atoms with Crippen LogP contribution in [0.1, 0.15) is 11.8 Å². The highest BCUT2D eigenvalue weighted by molar-refractivity contribution is 7.16. The van der Waals surface area contributed by atoms with Gasteiger partial charge in [0.2, 0.25) is 0 Å². The van der Waals surface area contributed by atoms with Gasteiger partial charge in [-0.15, -0.1) is 11.3 Å². The topological polar surface area (TPSA) is 51.2 Å². The quantitative estimate of drug-likeness (QED) is 0.579. The van der Waals surface area contributed by atoms with Crippen molar-refractivity contribution < 1.29 is 9.53 Å². The molecule has 0 spiro atoms. The van der Waals surface area contributed by atoms with E-state index in [9.17, 15) is 4.79 Å². The molecular weight excluding hydrogens is 391 g/mol. The van der Waals surface area contributed by atoms with Gasteiger partial charge in [-0.05, 0) is 32.0 Å². The van der Waals surface area contributed by atoms with Crippen LogP contribution in [0.15, 0.2) is 48.5 Å². The van der Waals surface area contributed by atoms with Crippen LogP contribution in [0.2, 0.25) is 10.0 Å². The van der Waals surface area contributed by atoms with Crippen LogP contribution < -0.4 is 10.1 Å². The molecule has 0 aliphatic heterocycles. The van der Waals surface area contributed by atoms with Gasteiger partial charge in [0.25, 0.3) is 5.91 Å². The normalized spacial score (nSPS) is 11.8. The van der Waals surface area contributed by atoms with Crippen LogP contribution in [0.5, 0.6) is 5.75 Å². The van der Waals surface area contributed by atoms with Crippen molar-refractivity contribution in [2.24, 2.45) is 0 Å². The molecule has 0 aliphatic carbocycles. The Bertz CT molecular complexity index is 929. The number of nitrogens with zero attached hydrogens (tertiary/aromatic N) is 1. The summed E-state index contributed by atoms with van der Waals surface area (Å²) >= 11 is 13.4. The molecule has 3 aromatic rings. The van der Waals surface area contributed by atoms with Gasteiger partial charge in [0.15, 0.2) is 11.2 Å². The van der Waals surface area contributed by atoms with E-state index >= 15 is 0 Å². The van der Waals surface area contributed by atoms with Gasteiger partial charge in [-0.25, -0.2) is 4.98 Å². The van der Waals surface area contributed by atoms with Crippen molar-refractivity contribution >= 4 is 45.6 Å². The minimum absolute atomic E-state index is 0.302. The molecule has 0 saturated carbocycles. The van der Waals surface area contributed by atoms with Crippen molar-refractivity contribution in [2.45, 2.75) is 20.0 Å². The lowest BCUT2D eigenvalue weighted by atomic mass is 10.1. The zero-order valence-electron chi connectivity index (χ0n) is 14.1. The lowest BCUT2D eigenvalue weighted by Gasteiger charge is -2.14. The van der Waals surface area contributed by atoms with Crippen molar-refractivity contribution in [1.29, 1.82) is 0 Å². The number of aromatic nitrogens is 1. The fraction of sp³-hybridized carbons (Fsp3) is 0.158. The Morgan fingerprint density at radius 1 is 1.19 bits per heavy atom. The van der Waals surface area contributed by atoms with Crippen LogP contribution in [0.3, 0.4) is 0 Å². The number of carbonyl (C=O) groups excluding carboxylic acids is 1. The zero-order chi connectivity index (χ0) is 18.7. The summed E-state index contributed by atoms with van der Waals surface area (Å²) in [5, 5.41) is 4.19. The highest BCUT2D eigenvalue weighted by Crippen LogP contribution is 2.31. The lowest BCUT2D eigenvalue weighted by Crippen LogP contribution is -2.30. The molecule has 1 amide bonds. The van der Waals surface area contributed by atoms with E-state index in [1.807, 2.05) is 37.3 Å². The summed E-state index contributed by atoms with van der Waals surface area (Å²) < 4.78 is 5.63. The van der Waals surface area contributed by atoms with Crippen molar-refractivity contribution in [3.05, 3.63) is 63.5 Å². The Hall–Kier alpha value is -2.08. The summed E-state index contributed by atoms with van der Waals surface area (Å²) in [5.41, 5.74) is 1.87. The Morgan fingerprint density at radius 2 is 1.92 bits per heavy atom. The van der Waals surface area contributed by atoms with E-state index in [1.165, 1.54) is 11.3 Å². The number of anilines is 1. The number of benzene rings is 2. The molecule has 0 bridgehead atoms. The molecule has 0 aliphatic rings. The van der Waals surface area contributed by atoms with Crippen molar-refractivity contribution in [3.8, 4) is 17.0 Å². The molecule has 3 rings (SSSR count). The van der Waals surface area contributed by atoms with Gasteiger partial charge in [0.1, 0.15) is 5.75 Å². The summed E-state index contributed by atoms with van der Waals surface area (Å²) in [6.07, 6.45) is -0.738. The van der Waals surface area contributed by atoms with Gasteiger partial charge in [-0.1, -0.05) is 53.5 Å². The number of amides is 1. The summed E-state index contributed by atoms with van der Waals surface area (Å²) in [5.74, 6) is 0.100. The third-order valence-electron chi connectivity index (χ3n) is 3.64. The van der Waals surface area contributed by atoms with E-state index in [0.717, 1.165) is 16.1 Å². The summed E-state index contributed by atoms with van der Waals surface area (Å²) in [7, 11) is 0. The van der Waals surface area contributed by atoms with Crippen LogP contribution in [0.4, 0.5) is 5.13 Å². The summed E-state index contributed by atoms with van der Waals surface area (Å²) in [6, 6.07) is 14.7. The minimum atomic E-state index is -0.738. The fourth-order valence-electron chi connectivity index (χ4n) is 2.34. The molecule has 26 heavy (non-hydrogen) atoms. The van der Waals surface area contributed by atoms with E-state index < -0.39 is 6.10 Å². The van der Waals surface area contributed by atoms with Crippen LogP contribution >= 0.6 is 34.5 Å². The second kappa shape index (κ2) is 8.08. The lowest BCUT2D eigenvalue weighted by molar-refractivity contribution is -0.122. The molecular formula is C19H16Cl2N2O2S. The number of hydrogen-bond donors (Lipinski definition) is 1. The third-order valence-corrected chi connectivity index (χ3v) is 5.06. The largest absolute Gasteiger partial charge is 0.479 e. The molecule has 1 heterocycles. The molecule has 134 valence electrons. The van der Waals surface area contributed by atoms with Gasteiger partial charge in [0.05, 0.1) is 10.7 Å². The molecule has 4 nitrogen and oxygen atoms in total. The van der Waals surface area contributed by atoms with E-state index in [2.05, 4.69) is 10.3 Å². The maximum absolute atomic E-state index is 12.4. The maximum Gasteiger partial charge on any atom is 0.266 e. The second-order valence-corrected chi connectivity index (χ2v) is 7.66. The number of rotatable bonds is 5. The minimum Gasteiger partial charge on any atom is -0.479 e. The third kappa shape index (κ3) is 4.36. The number of carbonyl (C=O) groups is 1. The summed E-state index contributed by atoms with van der Waals surface area (Å²) in [4.78, 5) is 18.0. The molecule has 0 radical (unpaired) electrons. The number of aryl methyl sites for hydroxylation is 1. The number of ether oxygens (including phenoxy) is 1. The van der Waals surface area contributed by atoms with Gasteiger partial charge in [0, 0.05) is 15.5 Å².